The van der Waals surface area contributed by atoms with Crippen molar-refractivity contribution in [2.75, 3.05) is 31.3 Å². The molecule has 0 saturated carbocycles. The van der Waals surface area contributed by atoms with Crippen LogP contribution in [0.3, 0.4) is 0 Å². The Balaban J connectivity index is 2.16. The fourth-order valence-corrected chi connectivity index (χ4v) is 2.83. The Labute approximate surface area is 125 Å². The number of aliphatic hydroxyl groups is 1. The number of nitrogen functional groups attached to an aromatic ring is 1. The molecule has 8 heteroatoms. The van der Waals surface area contributed by atoms with Crippen LogP contribution in [0, 0.1) is 0 Å². The van der Waals surface area contributed by atoms with Crippen molar-refractivity contribution in [2.45, 2.75) is 10.1 Å². The molecule has 1 heterocycles. The SMILES string of the molecule is CSc1ccccc1-c1nnc(SCOCCO)n1N. The number of benzene rings is 1. The van der Waals surface area contributed by atoms with Gasteiger partial charge < -0.3 is 15.7 Å². The van der Waals surface area contributed by atoms with Crippen molar-refractivity contribution in [2.24, 2.45) is 0 Å². The number of thioether (sulfide) groups is 2. The fourth-order valence-electron chi connectivity index (χ4n) is 1.61. The highest BCUT2D eigenvalue weighted by Gasteiger charge is 2.14. The molecule has 0 radical (unpaired) electrons. The Morgan fingerprint density at radius 1 is 1.35 bits per heavy atom. The minimum atomic E-state index is 0.00221. The van der Waals surface area contributed by atoms with Crippen molar-refractivity contribution < 1.29 is 9.84 Å². The van der Waals surface area contributed by atoms with Crippen LogP contribution >= 0.6 is 23.5 Å². The molecule has 0 aliphatic heterocycles. The molecule has 0 atom stereocenters. The normalized spacial score (nSPS) is 10.9. The molecule has 0 aliphatic rings. The minimum Gasteiger partial charge on any atom is -0.394 e. The maximum atomic E-state index is 8.63. The van der Waals surface area contributed by atoms with E-state index in [4.69, 9.17) is 15.7 Å². The number of nitrogens with zero attached hydrogens (tertiary/aromatic N) is 3. The quantitative estimate of drug-likeness (QED) is 0.346. The molecule has 108 valence electrons. The Kier molecular flexibility index (Phi) is 5.72. The molecule has 1 aromatic heterocycles. The van der Waals surface area contributed by atoms with Gasteiger partial charge in [0.15, 0.2) is 5.82 Å². The maximum absolute atomic E-state index is 8.63. The van der Waals surface area contributed by atoms with Crippen molar-refractivity contribution in [3.63, 3.8) is 0 Å². The van der Waals surface area contributed by atoms with Gasteiger partial charge in [0.2, 0.25) is 5.16 Å². The van der Waals surface area contributed by atoms with E-state index in [1.54, 1.807) is 11.8 Å². The van der Waals surface area contributed by atoms with E-state index in [0.717, 1.165) is 10.5 Å². The lowest BCUT2D eigenvalue weighted by Crippen LogP contribution is -2.12. The van der Waals surface area contributed by atoms with E-state index in [9.17, 15) is 0 Å². The largest absolute Gasteiger partial charge is 0.394 e. The van der Waals surface area contributed by atoms with Gasteiger partial charge in [-0.1, -0.05) is 23.9 Å². The summed E-state index contributed by atoms with van der Waals surface area (Å²) in [6.45, 7) is 0.302. The van der Waals surface area contributed by atoms with Crippen LogP contribution < -0.4 is 5.84 Å². The third kappa shape index (κ3) is 3.45. The third-order valence-corrected chi connectivity index (χ3v) is 4.14. The van der Waals surface area contributed by atoms with Crippen LogP contribution in [0.1, 0.15) is 0 Å². The lowest BCUT2D eigenvalue weighted by atomic mass is 10.2. The summed E-state index contributed by atoms with van der Waals surface area (Å²) in [5.41, 5.74) is 0.957. The number of rotatable bonds is 7. The zero-order valence-electron chi connectivity index (χ0n) is 11.0. The average molecular weight is 312 g/mol. The number of ether oxygens (including phenoxy) is 1. The molecule has 0 spiro atoms. The first-order chi connectivity index (χ1) is 9.77. The first kappa shape index (κ1) is 15.2. The number of nitrogens with two attached hydrogens (primary N) is 1. The van der Waals surface area contributed by atoms with Crippen LogP contribution in [-0.4, -0.2) is 45.4 Å². The van der Waals surface area contributed by atoms with Gasteiger partial charge in [-0.05, 0) is 18.4 Å². The van der Waals surface area contributed by atoms with Crippen LogP contribution in [0.25, 0.3) is 11.4 Å². The standard InChI is InChI=1S/C12H16N4O2S2/c1-19-10-5-3-2-4-9(10)11-14-15-12(16(11)13)20-8-18-7-6-17/h2-5,17H,6-8,13H2,1H3. The van der Waals surface area contributed by atoms with E-state index < -0.39 is 0 Å². The smallest absolute Gasteiger partial charge is 0.212 e. The number of hydrogen-bond acceptors (Lipinski definition) is 7. The predicted octanol–water partition coefficient (Wildman–Crippen LogP) is 1.44. The van der Waals surface area contributed by atoms with Crippen LogP contribution in [0.5, 0.6) is 0 Å². The molecule has 2 rings (SSSR count). The molecule has 0 saturated heterocycles. The van der Waals surface area contributed by atoms with Crippen LogP contribution in [0.4, 0.5) is 0 Å². The van der Waals surface area contributed by atoms with E-state index in [0.29, 0.717) is 23.5 Å². The van der Waals surface area contributed by atoms with Crippen molar-refractivity contribution in [1.82, 2.24) is 14.9 Å². The second-order valence-corrected chi connectivity index (χ2v) is 5.51. The Morgan fingerprint density at radius 3 is 2.90 bits per heavy atom. The van der Waals surface area contributed by atoms with Gasteiger partial charge in [0, 0.05) is 10.5 Å². The molecule has 1 aromatic carbocycles. The van der Waals surface area contributed by atoms with Gasteiger partial charge in [0.05, 0.1) is 19.2 Å². The average Bonchev–Trinajstić information content (AvgIpc) is 2.85. The molecule has 3 N–H and O–H groups in total. The first-order valence-corrected chi connectivity index (χ1v) is 8.14. The highest BCUT2D eigenvalue weighted by molar-refractivity contribution is 7.99. The molecule has 0 fully saturated rings. The number of hydrogen-bond donors (Lipinski definition) is 2. The topological polar surface area (TPSA) is 86.2 Å². The van der Waals surface area contributed by atoms with E-state index in [2.05, 4.69) is 10.2 Å². The van der Waals surface area contributed by atoms with Crippen LogP contribution in [0.15, 0.2) is 34.3 Å². The molecule has 0 aliphatic carbocycles. The Hall–Kier alpha value is -1.22. The first-order valence-electron chi connectivity index (χ1n) is 5.93. The summed E-state index contributed by atoms with van der Waals surface area (Å²) in [7, 11) is 0. The van der Waals surface area contributed by atoms with Crippen molar-refractivity contribution >= 4 is 23.5 Å². The summed E-state index contributed by atoms with van der Waals surface area (Å²) in [6.07, 6.45) is 2.01. The van der Waals surface area contributed by atoms with Crippen molar-refractivity contribution in [3.8, 4) is 11.4 Å². The van der Waals surface area contributed by atoms with Crippen LogP contribution in [0.2, 0.25) is 0 Å². The Morgan fingerprint density at radius 2 is 2.15 bits per heavy atom. The zero-order chi connectivity index (χ0) is 14.4. The van der Waals surface area contributed by atoms with E-state index in [-0.39, 0.29) is 6.61 Å². The van der Waals surface area contributed by atoms with Crippen LogP contribution in [-0.2, 0) is 4.74 Å². The molecule has 2 aromatic rings. The van der Waals surface area contributed by atoms with Crippen molar-refractivity contribution in [1.29, 1.82) is 0 Å². The van der Waals surface area contributed by atoms with E-state index >= 15 is 0 Å². The highest BCUT2D eigenvalue weighted by atomic mass is 32.2. The summed E-state index contributed by atoms with van der Waals surface area (Å²) < 4.78 is 6.63. The molecular formula is C12H16N4O2S2. The number of aromatic nitrogens is 3. The summed E-state index contributed by atoms with van der Waals surface area (Å²) in [5.74, 6) is 7.03. The summed E-state index contributed by atoms with van der Waals surface area (Å²) in [6, 6.07) is 7.91. The van der Waals surface area contributed by atoms with Crippen molar-refractivity contribution in [3.05, 3.63) is 24.3 Å². The minimum absolute atomic E-state index is 0.00221. The predicted molar refractivity (Wildman–Crippen MR) is 81.2 cm³/mol. The summed E-state index contributed by atoms with van der Waals surface area (Å²) >= 11 is 2.98. The van der Waals surface area contributed by atoms with E-state index in [1.165, 1.54) is 16.4 Å². The summed E-state index contributed by atoms with van der Waals surface area (Å²) in [5, 5.41) is 17.4. The maximum Gasteiger partial charge on any atom is 0.212 e. The molecule has 0 unspecified atom stereocenters. The van der Waals surface area contributed by atoms with Gasteiger partial charge in [-0.2, -0.15) is 0 Å². The molecule has 20 heavy (non-hydrogen) atoms. The Bertz CT molecular complexity index is 562. The number of aliphatic hydroxyl groups excluding tert-OH is 1. The van der Waals surface area contributed by atoms with E-state index in [1.807, 2.05) is 30.5 Å². The highest BCUT2D eigenvalue weighted by Crippen LogP contribution is 2.29. The lowest BCUT2D eigenvalue weighted by molar-refractivity contribution is 0.125. The second-order valence-electron chi connectivity index (χ2n) is 3.77. The van der Waals surface area contributed by atoms with Gasteiger partial charge >= 0.3 is 0 Å². The summed E-state index contributed by atoms with van der Waals surface area (Å²) in [4.78, 5) is 1.10. The molecule has 6 nitrogen and oxygen atoms in total. The van der Waals surface area contributed by atoms with Gasteiger partial charge in [-0.25, -0.2) is 4.68 Å². The van der Waals surface area contributed by atoms with Gasteiger partial charge in [-0.15, -0.1) is 22.0 Å². The molecule has 0 bridgehead atoms. The molecular weight excluding hydrogens is 296 g/mol. The monoisotopic (exact) mass is 312 g/mol. The fraction of sp³-hybridized carbons (Fsp3) is 0.333. The van der Waals surface area contributed by atoms with Gasteiger partial charge in [0.1, 0.15) is 0 Å². The second kappa shape index (κ2) is 7.53. The zero-order valence-corrected chi connectivity index (χ0v) is 12.7. The van der Waals surface area contributed by atoms with Gasteiger partial charge in [0.25, 0.3) is 0 Å². The molecule has 0 amide bonds. The van der Waals surface area contributed by atoms with Gasteiger partial charge in [-0.3, -0.25) is 0 Å². The third-order valence-electron chi connectivity index (χ3n) is 2.52. The lowest BCUT2D eigenvalue weighted by Gasteiger charge is -2.07.